The maximum atomic E-state index is 12.1. The molecular formula is C24H22N4O4. The van der Waals surface area contributed by atoms with E-state index in [0.717, 1.165) is 5.69 Å². The van der Waals surface area contributed by atoms with Crippen molar-refractivity contribution in [3.63, 3.8) is 0 Å². The summed E-state index contributed by atoms with van der Waals surface area (Å²) in [5.41, 5.74) is 2.31. The fourth-order valence-electron chi connectivity index (χ4n) is 2.61. The molecule has 0 radical (unpaired) electrons. The van der Waals surface area contributed by atoms with E-state index in [2.05, 4.69) is 20.9 Å². The molecule has 0 spiro atoms. The third-order valence-corrected chi connectivity index (χ3v) is 4.27. The zero-order valence-corrected chi connectivity index (χ0v) is 17.4. The SMILES string of the molecule is C[C@H](NC(=O)c1ccccc1)C(=O)OCC(=O)Nc1ccc(N=Nc2ccccc2)cc1. The molecule has 3 aromatic rings. The summed E-state index contributed by atoms with van der Waals surface area (Å²) in [6.45, 7) is 1.02. The molecule has 0 aliphatic heterocycles. The van der Waals surface area contributed by atoms with Crippen molar-refractivity contribution in [1.29, 1.82) is 0 Å². The van der Waals surface area contributed by atoms with Crippen molar-refractivity contribution in [2.24, 2.45) is 10.2 Å². The van der Waals surface area contributed by atoms with Gasteiger partial charge in [-0.3, -0.25) is 9.59 Å². The third kappa shape index (κ3) is 6.88. The van der Waals surface area contributed by atoms with Gasteiger partial charge in [-0.2, -0.15) is 10.2 Å². The summed E-state index contributed by atoms with van der Waals surface area (Å²) in [4.78, 5) is 36.2. The number of anilines is 1. The molecule has 32 heavy (non-hydrogen) atoms. The molecule has 3 rings (SSSR count). The first kappa shape index (κ1) is 22.4. The number of hydrogen-bond donors (Lipinski definition) is 2. The average Bonchev–Trinajstić information content (AvgIpc) is 2.83. The number of carbonyl (C=O) groups is 3. The van der Waals surface area contributed by atoms with E-state index in [1.807, 2.05) is 30.3 Å². The molecular weight excluding hydrogens is 408 g/mol. The van der Waals surface area contributed by atoms with E-state index >= 15 is 0 Å². The van der Waals surface area contributed by atoms with E-state index in [1.54, 1.807) is 54.6 Å². The Labute approximate surface area is 185 Å². The number of rotatable bonds is 8. The molecule has 2 amide bonds. The summed E-state index contributed by atoms with van der Waals surface area (Å²) < 4.78 is 4.99. The molecule has 0 saturated carbocycles. The van der Waals surface area contributed by atoms with Gasteiger partial charge in [-0.15, -0.1) is 0 Å². The highest BCUT2D eigenvalue weighted by Gasteiger charge is 2.19. The number of benzene rings is 3. The topological polar surface area (TPSA) is 109 Å². The molecule has 8 nitrogen and oxygen atoms in total. The molecule has 0 aromatic heterocycles. The van der Waals surface area contributed by atoms with E-state index in [9.17, 15) is 14.4 Å². The monoisotopic (exact) mass is 430 g/mol. The van der Waals surface area contributed by atoms with Gasteiger partial charge in [0.15, 0.2) is 6.61 Å². The van der Waals surface area contributed by atoms with Gasteiger partial charge in [-0.05, 0) is 55.5 Å². The first-order valence-electron chi connectivity index (χ1n) is 9.90. The van der Waals surface area contributed by atoms with Gasteiger partial charge in [0.2, 0.25) is 0 Å². The molecule has 0 heterocycles. The molecule has 0 bridgehead atoms. The van der Waals surface area contributed by atoms with Gasteiger partial charge in [0.1, 0.15) is 6.04 Å². The zero-order valence-electron chi connectivity index (χ0n) is 17.4. The Morgan fingerprint density at radius 1 is 0.812 bits per heavy atom. The van der Waals surface area contributed by atoms with Gasteiger partial charge in [-0.1, -0.05) is 36.4 Å². The third-order valence-electron chi connectivity index (χ3n) is 4.27. The highest BCUT2D eigenvalue weighted by Crippen LogP contribution is 2.20. The standard InChI is InChI=1S/C24H22N4O4/c1-17(25-23(30)18-8-4-2-5-9-18)24(31)32-16-22(29)26-19-12-14-21(15-13-19)28-27-20-10-6-3-7-11-20/h2-15,17H,16H2,1H3,(H,25,30)(H,26,29)/t17-/m0/s1. The van der Waals surface area contributed by atoms with Crippen LogP contribution in [-0.4, -0.2) is 30.4 Å². The maximum absolute atomic E-state index is 12.1. The van der Waals surface area contributed by atoms with Crippen LogP contribution in [-0.2, 0) is 14.3 Å². The van der Waals surface area contributed by atoms with E-state index in [0.29, 0.717) is 16.9 Å². The molecule has 0 aliphatic rings. The summed E-state index contributed by atoms with van der Waals surface area (Å²) >= 11 is 0. The van der Waals surface area contributed by atoms with Crippen molar-refractivity contribution in [3.05, 3.63) is 90.5 Å². The quantitative estimate of drug-likeness (QED) is 0.408. The lowest BCUT2D eigenvalue weighted by molar-refractivity contribution is -0.148. The Morgan fingerprint density at radius 3 is 2.00 bits per heavy atom. The van der Waals surface area contributed by atoms with Crippen molar-refractivity contribution in [1.82, 2.24) is 5.32 Å². The van der Waals surface area contributed by atoms with Crippen LogP contribution in [0.3, 0.4) is 0 Å². The van der Waals surface area contributed by atoms with E-state index in [-0.39, 0.29) is 0 Å². The summed E-state index contributed by atoms with van der Waals surface area (Å²) in [6, 6.07) is 23.7. The van der Waals surface area contributed by atoms with E-state index < -0.39 is 30.4 Å². The van der Waals surface area contributed by atoms with E-state index in [4.69, 9.17) is 4.74 Å². The van der Waals surface area contributed by atoms with Crippen molar-refractivity contribution in [2.75, 3.05) is 11.9 Å². The van der Waals surface area contributed by atoms with Gasteiger partial charge in [-0.25, -0.2) is 4.79 Å². The summed E-state index contributed by atoms with van der Waals surface area (Å²) in [5.74, 6) is -1.61. The smallest absolute Gasteiger partial charge is 0.328 e. The van der Waals surface area contributed by atoms with Crippen LogP contribution in [0.5, 0.6) is 0 Å². The number of ether oxygens (including phenoxy) is 1. The zero-order chi connectivity index (χ0) is 22.8. The van der Waals surface area contributed by atoms with Gasteiger partial charge >= 0.3 is 5.97 Å². The average molecular weight is 430 g/mol. The van der Waals surface area contributed by atoms with Crippen molar-refractivity contribution >= 4 is 34.8 Å². The molecule has 0 fully saturated rings. The van der Waals surface area contributed by atoms with Gasteiger partial charge in [0.05, 0.1) is 11.4 Å². The molecule has 0 unspecified atom stereocenters. The molecule has 0 saturated heterocycles. The molecule has 1 atom stereocenters. The lowest BCUT2D eigenvalue weighted by Crippen LogP contribution is -2.40. The van der Waals surface area contributed by atoms with Gasteiger partial charge in [0.25, 0.3) is 11.8 Å². The second kappa shape index (κ2) is 11.2. The molecule has 0 aliphatic carbocycles. The van der Waals surface area contributed by atoms with Crippen molar-refractivity contribution in [3.8, 4) is 0 Å². The van der Waals surface area contributed by atoms with Crippen LogP contribution in [0.2, 0.25) is 0 Å². The summed E-state index contributed by atoms with van der Waals surface area (Å²) in [5, 5.41) is 13.4. The molecule has 2 N–H and O–H groups in total. The van der Waals surface area contributed by atoms with Crippen LogP contribution in [0.15, 0.2) is 95.2 Å². The van der Waals surface area contributed by atoms with E-state index in [1.165, 1.54) is 6.92 Å². The Kier molecular flexibility index (Phi) is 7.80. The van der Waals surface area contributed by atoms with Crippen LogP contribution in [0.1, 0.15) is 17.3 Å². The van der Waals surface area contributed by atoms with Crippen LogP contribution in [0.25, 0.3) is 0 Å². The Hall–Kier alpha value is -4.33. The number of carbonyl (C=O) groups excluding carboxylic acids is 3. The fourth-order valence-corrected chi connectivity index (χ4v) is 2.61. The second-order valence-electron chi connectivity index (χ2n) is 6.80. The van der Waals surface area contributed by atoms with Gasteiger partial charge < -0.3 is 15.4 Å². The van der Waals surface area contributed by atoms with Crippen molar-refractivity contribution in [2.45, 2.75) is 13.0 Å². The van der Waals surface area contributed by atoms with Gasteiger partial charge in [0, 0.05) is 11.3 Å². The maximum Gasteiger partial charge on any atom is 0.328 e. The number of hydrogen-bond acceptors (Lipinski definition) is 6. The van der Waals surface area contributed by atoms with Crippen molar-refractivity contribution < 1.29 is 19.1 Å². The Balaban J connectivity index is 1.43. The summed E-state index contributed by atoms with van der Waals surface area (Å²) in [7, 11) is 0. The van der Waals surface area contributed by atoms with Crippen LogP contribution in [0, 0.1) is 0 Å². The normalized spacial score (nSPS) is 11.5. The molecule has 8 heteroatoms. The lowest BCUT2D eigenvalue weighted by atomic mass is 10.2. The largest absolute Gasteiger partial charge is 0.454 e. The first-order valence-corrected chi connectivity index (χ1v) is 9.90. The molecule has 162 valence electrons. The Morgan fingerprint density at radius 2 is 1.38 bits per heavy atom. The second-order valence-corrected chi connectivity index (χ2v) is 6.80. The molecule has 3 aromatic carbocycles. The predicted octanol–water partition coefficient (Wildman–Crippen LogP) is 4.40. The Bertz CT molecular complexity index is 1080. The highest BCUT2D eigenvalue weighted by molar-refractivity contribution is 5.97. The predicted molar refractivity (Wildman–Crippen MR) is 120 cm³/mol. The lowest BCUT2D eigenvalue weighted by Gasteiger charge is -2.13. The number of esters is 1. The minimum absolute atomic E-state index is 0.399. The summed E-state index contributed by atoms with van der Waals surface area (Å²) in [6.07, 6.45) is 0. The highest BCUT2D eigenvalue weighted by atomic mass is 16.5. The van der Waals surface area contributed by atoms with Crippen LogP contribution < -0.4 is 10.6 Å². The minimum atomic E-state index is -0.898. The van der Waals surface area contributed by atoms with Crippen LogP contribution in [0.4, 0.5) is 17.1 Å². The first-order chi connectivity index (χ1) is 15.5. The number of nitrogens with one attached hydrogen (secondary N) is 2. The fraction of sp³-hybridized carbons (Fsp3) is 0.125. The van der Waals surface area contributed by atoms with Crippen LogP contribution >= 0.6 is 0 Å². The minimum Gasteiger partial charge on any atom is -0.454 e. The number of azo groups is 1. The number of nitrogens with zero attached hydrogens (tertiary/aromatic N) is 2. The number of amides is 2.